The molecular weight excluding hydrogens is 374 g/mol. The molecule has 0 bridgehead atoms. The van der Waals surface area contributed by atoms with Crippen LogP contribution in [0, 0.1) is 0 Å². The molecule has 28 heavy (non-hydrogen) atoms. The summed E-state index contributed by atoms with van der Waals surface area (Å²) < 4.78 is 0. The Kier molecular flexibility index (Phi) is 4.75. The molecule has 1 aliphatic heterocycles. The number of rotatable bonds is 3. The number of hydrogen-bond donors (Lipinski definition) is 2. The van der Waals surface area contributed by atoms with Crippen LogP contribution in [0.1, 0.15) is 29.0 Å². The van der Waals surface area contributed by atoms with Crippen molar-refractivity contribution >= 4 is 40.5 Å². The lowest BCUT2D eigenvalue weighted by atomic mass is 10.0. The monoisotopic (exact) mass is 391 g/mol. The van der Waals surface area contributed by atoms with Crippen molar-refractivity contribution in [3.63, 3.8) is 0 Å². The van der Waals surface area contributed by atoms with Crippen molar-refractivity contribution in [2.75, 3.05) is 15.5 Å². The zero-order valence-electron chi connectivity index (χ0n) is 15.1. The maximum Gasteiger partial charge on any atom is 0.262 e. The average molecular weight is 392 g/mol. The SMILES string of the molecule is CC(=O)Nc1ccc(N2C(=O)c3ccccc3N[C@@H]2c2cccc(Cl)c2)cc1. The van der Waals surface area contributed by atoms with Crippen LogP contribution in [-0.2, 0) is 4.79 Å². The lowest BCUT2D eigenvalue weighted by Gasteiger charge is -2.38. The highest BCUT2D eigenvalue weighted by atomic mass is 35.5. The number of carbonyl (C=O) groups excluding carboxylic acids is 2. The maximum atomic E-state index is 13.3. The summed E-state index contributed by atoms with van der Waals surface area (Å²) in [7, 11) is 0. The number of carbonyl (C=O) groups is 2. The number of amides is 2. The molecular formula is C22H18ClN3O2. The first-order valence-electron chi connectivity index (χ1n) is 8.85. The maximum absolute atomic E-state index is 13.3. The molecule has 1 atom stereocenters. The number of nitrogens with one attached hydrogen (secondary N) is 2. The molecule has 0 saturated carbocycles. The van der Waals surface area contributed by atoms with Crippen molar-refractivity contribution in [2.45, 2.75) is 13.1 Å². The molecule has 1 aliphatic rings. The van der Waals surface area contributed by atoms with Crippen molar-refractivity contribution in [3.8, 4) is 0 Å². The molecule has 0 fully saturated rings. The second-order valence-corrected chi connectivity index (χ2v) is 6.99. The molecule has 2 N–H and O–H groups in total. The summed E-state index contributed by atoms with van der Waals surface area (Å²) >= 11 is 6.19. The van der Waals surface area contributed by atoms with E-state index in [-0.39, 0.29) is 11.8 Å². The Hall–Kier alpha value is -3.31. The number of hydrogen-bond acceptors (Lipinski definition) is 3. The summed E-state index contributed by atoms with van der Waals surface area (Å²) in [5.41, 5.74) is 3.65. The van der Waals surface area contributed by atoms with Gasteiger partial charge in [0, 0.05) is 29.0 Å². The Morgan fingerprint density at radius 1 is 1.04 bits per heavy atom. The summed E-state index contributed by atoms with van der Waals surface area (Å²) in [5.74, 6) is -0.249. The molecule has 2 amide bonds. The zero-order valence-corrected chi connectivity index (χ0v) is 15.9. The summed E-state index contributed by atoms with van der Waals surface area (Å²) in [5, 5.41) is 6.78. The first kappa shape index (κ1) is 18.1. The van der Waals surface area contributed by atoms with Crippen LogP contribution >= 0.6 is 11.6 Å². The minimum atomic E-state index is -0.410. The molecule has 0 spiro atoms. The van der Waals surface area contributed by atoms with Crippen molar-refractivity contribution in [1.82, 2.24) is 0 Å². The quantitative estimate of drug-likeness (QED) is 0.655. The highest BCUT2D eigenvalue weighted by Crippen LogP contribution is 2.37. The summed E-state index contributed by atoms with van der Waals surface area (Å²) in [4.78, 5) is 26.3. The van der Waals surface area contributed by atoms with Gasteiger partial charge in [-0.3, -0.25) is 14.5 Å². The third-order valence-electron chi connectivity index (χ3n) is 4.56. The van der Waals surface area contributed by atoms with Gasteiger partial charge in [-0.1, -0.05) is 35.9 Å². The predicted octanol–water partition coefficient (Wildman–Crippen LogP) is 5.07. The third kappa shape index (κ3) is 3.44. The summed E-state index contributed by atoms with van der Waals surface area (Å²) in [6.07, 6.45) is -0.410. The van der Waals surface area contributed by atoms with Gasteiger partial charge in [0.05, 0.1) is 5.56 Å². The van der Waals surface area contributed by atoms with Crippen LogP contribution < -0.4 is 15.5 Å². The van der Waals surface area contributed by atoms with Gasteiger partial charge in [0.25, 0.3) is 5.91 Å². The van der Waals surface area contributed by atoms with E-state index in [9.17, 15) is 9.59 Å². The molecule has 140 valence electrons. The van der Waals surface area contributed by atoms with Gasteiger partial charge >= 0.3 is 0 Å². The van der Waals surface area contributed by atoms with E-state index in [2.05, 4.69) is 10.6 Å². The van der Waals surface area contributed by atoms with E-state index in [1.807, 2.05) is 48.5 Å². The van der Waals surface area contributed by atoms with E-state index >= 15 is 0 Å². The number of nitrogens with zero attached hydrogens (tertiary/aromatic N) is 1. The highest BCUT2D eigenvalue weighted by molar-refractivity contribution is 6.30. The molecule has 0 aliphatic carbocycles. The van der Waals surface area contributed by atoms with E-state index in [0.717, 1.165) is 11.3 Å². The molecule has 0 unspecified atom stereocenters. The molecule has 4 rings (SSSR count). The fraction of sp³-hybridized carbons (Fsp3) is 0.0909. The van der Waals surface area contributed by atoms with Crippen LogP contribution in [0.5, 0.6) is 0 Å². The van der Waals surface area contributed by atoms with Gasteiger partial charge in [0.1, 0.15) is 6.17 Å². The molecule has 0 radical (unpaired) electrons. The first-order valence-corrected chi connectivity index (χ1v) is 9.23. The lowest BCUT2D eigenvalue weighted by molar-refractivity contribution is -0.114. The smallest absolute Gasteiger partial charge is 0.262 e. The first-order chi connectivity index (χ1) is 13.5. The molecule has 0 saturated heterocycles. The standard InChI is InChI=1S/C22H18ClN3O2/c1-14(27)24-17-9-11-18(12-10-17)26-21(15-5-4-6-16(23)13-15)25-20-8-3-2-7-19(20)22(26)28/h2-13,21,25H,1H3,(H,24,27)/t21-/m0/s1. The third-order valence-corrected chi connectivity index (χ3v) is 4.79. The van der Waals surface area contributed by atoms with Crippen LogP contribution in [-0.4, -0.2) is 11.8 Å². The number of anilines is 3. The van der Waals surface area contributed by atoms with E-state index in [4.69, 9.17) is 11.6 Å². The van der Waals surface area contributed by atoms with E-state index in [0.29, 0.717) is 22.0 Å². The molecule has 1 heterocycles. The van der Waals surface area contributed by atoms with E-state index < -0.39 is 6.17 Å². The fourth-order valence-electron chi connectivity index (χ4n) is 3.34. The molecule has 5 nitrogen and oxygen atoms in total. The van der Waals surface area contributed by atoms with Gasteiger partial charge in [-0.15, -0.1) is 0 Å². The molecule has 3 aromatic carbocycles. The Morgan fingerprint density at radius 3 is 2.50 bits per heavy atom. The van der Waals surface area contributed by atoms with Crippen molar-refractivity contribution < 1.29 is 9.59 Å². The van der Waals surface area contributed by atoms with Gasteiger partial charge in [0.15, 0.2) is 0 Å². The summed E-state index contributed by atoms with van der Waals surface area (Å²) in [6, 6.07) is 22.1. The fourth-order valence-corrected chi connectivity index (χ4v) is 3.54. The Balaban J connectivity index is 1.79. The van der Waals surface area contributed by atoms with Crippen LogP contribution in [0.15, 0.2) is 72.8 Å². The largest absolute Gasteiger partial charge is 0.360 e. The number of fused-ring (bicyclic) bond motifs is 1. The lowest BCUT2D eigenvalue weighted by Crippen LogP contribution is -2.43. The van der Waals surface area contributed by atoms with Gasteiger partial charge in [0.2, 0.25) is 5.91 Å². The van der Waals surface area contributed by atoms with Gasteiger partial charge in [-0.2, -0.15) is 0 Å². The Morgan fingerprint density at radius 2 is 1.79 bits per heavy atom. The van der Waals surface area contributed by atoms with Gasteiger partial charge < -0.3 is 10.6 Å². The zero-order chi connectivity index (χ0) is 19.7. The van der Waals surface area contributed by atoms with Crippen LogP contribution in [0.3, 0.4) is 0 Å². The van der Waals surface area contributed by atoms with Crippen molar-refractivity contribution in [3.05, 3.63) is 88.9 Å². The second kappa shape index (κ2) is 7.37. The van der Waals surface area contributed by atoms with Gasteiger partial charge in [-0.25, -0.2) is 0 Å². The van der Waals surface area contributed by atoms with Crippen molar-refractivity contribution in [1.29, 1.82) is 0 Å². The van der Waals surface area contributed by atoms with Crippen molar-refractivity contribution in [2.24, 2.45) is 0 Å². The number of para-hydroxylation sites is 1. The van der Waals surface area contributed by atoms with Crippen LogP contribution in [0.4, 0.5) is 17.1 Å². The second-order valence-electron chi connectivity index (χ2n) is 6.55. The van der Waals surface area contributed by atoms with E-state index in [1.165, 1.54) is 6.92 Å². The highest BCUT2D eigenvalue weighted by Gasteiger charge is 2.34. The van der Waals surface area contributed by atoms with Crippen LogP contribution in [0.2, 0.25) is 5.02 Å². The Bertz CT molecular complexity index is 1050. The minimum absolute atomic E-state index is 0.105. The van der Waals surface area contributed by atoms with Gasteiger partial charge in [-0.05, 0) is 54.1 Å². The molecule has 6 heteroatoms. The van der Waals surface area contributed by atoms with E-state index in [1.54, 1.807) is 29.2 Å². The minimum Gasteiger partial charge on any atom is -0.360 e. The molecule has 0 aromatic heterocycles. The summed E-state index contributed by atoms with van der Waals surface area (Å²) in [6.45, 7) is 1.46. The molecule has 3 aromatic rings. The predicted molar refractivity (Wildman–Crippen MR) is 112 cm³/mol. The number of benzene rings is 3. The normalized spacial score (nSPS) is 15.6. The van der Waals surface area contributed by atoms with Crippen LogP contribution in [0.25, 0.3) is 0 Å². The number of halogens is 1. The average Bonchev–Trinajstić information content (AvgIpc) is 2.68. The topological polar surface area (TPSA) is 61.4 Å². The Labute approximate surface area is 167 Å².